The van der Waals surface area contributed by atoms with Gasteiger partial charge in [0.25, 0.3) is 0 Å². The molecule has 8 heteroatoms. The predicted molar refractivity (Wildman–Crippen MR) is 95.8 cm³/mol. The minimum atomic E-state index is -0.841. The number of hydrogen-bond acceptors (Lipinski definition) is 4. The van der Waals surface area contributed by atoms with Crippen LogP contribution in [0.25, 0.3) is 0 Å². The van der Waals surface area contributed by atoms with Crippen molar-refractivity contribution in [1.82, 2.24) is 10.7 Å². The summed E-state index contributed by atoms with van der Waals surface area (Å²) in [4.78, 5) is 23.0. The van der Waals surface area contributed by atoms with E-state index in [0.29, 0.717) is 34.5 Å². The van der Waals surface area contributed by atoms with Crippen LogP contribution in [-0.4, -0.2) is 31.2 Å². The van der Waals surface area contributed by atoms with E-state index in [4.69, 9.17) is 27.9 Å². The predicted octanol–water partition coefficient (Wildman–Crippen LogP) is 3.00. The van der Waals surface area contributed by atoms with Crippen molar-refractivity contribution in [2.24, 2.45) is 11.0 Å². The van der Waals surface area contributed by atoms with Crippen LogP contribution >= 0.6 is 23.2 Å². The molecule has 0 fully saturated rings. The van der Waals surface area contributed by atoms with Gasteiger partial charge in [-0.05, 0) is 30.0 Å². The molecule has 2 amide bonds. The number of ether oxygens (including phenoxy) is 1. The number of hydrogen-bond donors (Lipinski definition) is 2. The first-order valence-corrected chi connectivity index (χ1v) is 8.33. The largest absolute Gasteiger partial charge is 0.490 e. The van der Waals surface area contributed by atoms with E-state index in [9.17, 15) is 9.59 Å². The first-order valence-electron chi connectivity index (χ1n) is 7.58. The number of benzene rings is 1. The van der Waals surface area contributed by atoms with Crippen molar-refractivity contribution in [1.29, 1.82) is 0 Å². The monoisotopic (exact) mass is 373 g/mol. The molecular weight excluding hydrogens is 353 g/mol. The zero-order valence-electron chi connectivity index (χ0n) is 13.9. The highest BCUT2D eigenvalue weighted by atomic mass is 35.5. The van der Waals surface area contributed by atoms with E-state index in [2.05, 4.69) is 15.8 Å². The fourth-order valence-electron chi connectivity index (χ4n) is 1.59. The zero-order valence-corrected chi connectivity index (χ0v) is 15.4. The second kappa shape index (κ2) is 10.2. The van der Waals surface area contributed by atoms with Gasteiger partial charge in [0.1, 0.15) is 0 Å². The van der Waals surface area contributed by atoms with Gasteiger partial charge in [0.15, 0.2) is 5.75 Å². The lowest BCUT2D eigenvalue weighted by Crippen LogP contribution is -2.39. The Balaban J connectivity index is 2.64. The molecular formula is C16H21Cl2N3O3. The number of carbonyl (C=O) groups excluding carboxylic acids is 2. The van der Waals surface area contributed by atoms with Crippen molar-refractivity contribution >= 4 is 41.2 Å². The first kappa shape index (κ1) is 20.3. The summed E-state index contributed by atoms with van der Waals surface area (Å²) in [5, 5.41) is 6.90. The number of amides is 2. The van der Waals surface area contributed by atoms with Gasteiger partial charge in [0, 0.05) is 6.54 Å². The molecule has 0 saturated heterocycles. The summed E-state index contributed by atoms with van der Waals surface area (Å²) in [6.07, 6.45) is 2.18. The molecule has 6 nitrogen and oxygen atoms in total. The van der Waals surface area contributed by atoms with E-state index >= 15 is 0 Å². The number of nitrogens with one attached hydrogen (secondary N) is 2. The van der Waals surface area contributed by atoms with E-state index in [0.717, 1.165) is 6.42 Å². The topological polar surface area (TPSA) is 79.8 Å². The van der Waals surface area contributed by atoms with Gasteiger partial charge in [-0.3, -0.25) is 9.59 Å². The summed E-state index contributed by atoms with van der Waals surface area (Å²) in [6.45, 7) is 6.76. The summed E-state index contributed by atoms with van der Waals surface area (Å²) in [7, 11) is 0. The van der Waals surface area contributed by atoms with Gasteiger partial charge in [-0.1, -0.05) is 44.0 Å². The lowest BCUT2D eigenvalue weighted by Gasteiger charge is -2.09. The van der Waals surface area contributed by atoms with Crippen molar-refractivity contribution in [3.8, 4) is 5.75 Å². The maximum absolute atomic E-state index is 11.5. The highest BCUT2D eigenvalue weighted by molar-refractivity contribution is 6.37. The van der Waals surface area contributed by atoms with Crippen LogP contribution < -0.4 is 15.5 Å². The van der Waals surface area contributed by atoms with Gasteiger partial charge in [-0.2, -0.15) is 5.10 Å². The molecule has 0 aliphatic heterocycles. The molecule has 0 atom stereocenters. The summed E-state index contributed by atoms with van der Waals surface area (Å²) in [5.74, 6) is -0.912. The minimum absolute atomic E-state index is 0.253. The molecule has 2 N–H and O–H groups in total. The molecule has 0 bridgehead atoms. The average molecular weight is 374 g/mol. The third-order valence-electron chi connectivity index (χ3n) is 2.73. The number of halogens is 2. The fraction of sp³-hybridized carbons (Fsp3) is 0.438. The van der Waals surface area contributed by atoms with E-state index in [1.807, 2.05) is 20.8 Å². The third-order valence-corrected chi connectivity index (χ3v) is 3.29. The van der Waals surface area contributed by atoms with Crippen molar-refractivity contribution in [2.75, 3.05) is 13.2 Å². The Bertz CT molecular complexity index is 596. The molecule has 0 unspecified atom stereocenters. The van der Waals surface area contributed by atoms with Crippen LogP contribution in [0.3, 0.4) is 0 Å². The Morgan fingerprint density at radius 2 is 1.88 bits per heavy atom. The molecule has 132 valence electrons. The van der Waals surface area contributed by atoms with Crippen molar-refractivity contribution < 1.29 is 14.3 Å². The van der Waals surface area contributed by atoms with E-state index in [1.54, 1.807) is 12.1 Å². The SMILES string of the molecule is CCCOc1c(Cl)cc(/C=N\NC(=O)C(=O)NCC(C)C)cc1Cl. The van der Waals surface area contributed by atoms with Crippen LogP contribution in [0.4, 0.5) is 0 Å². The summed E-state index contributed by atoms with van der Waals surface area (Å²) >= 11 is 12.2. The maximum atomic E-state index is 11.5. The van der Waals surface area contributed by atoms with Gasteiger partial charge in [-0.25, -0.2) is 5.43 Å². The standard InChI is InChI=1S/C16H21Cl2N3O3/c1-4-5-24-14-12(17)6-11(7-13(14)18)9-20-21-16(23)15(22)19-8-10(2)3/h6-7,9-10H,4-5,8H2,1-3H3,(H,19,22)(H,21,23)/b20-9-. The number of nitrogens with zero attached hydrogens (tertiary/aromatic N) is 1. The van der Waals surface area contributed by atoms with Crippen LogP contribution in [0.2, 0.25) is 10.0 Å². The highest BCUT2D eigenvalue weighted by Gasteiger charge is 2.12. The summed E-state index contributed by atoms with van der Waals surface area (Å²) in [6, 6.07) is 3.21. The molecule has 1 aromatic rings. The maximum Gasteiger partial charge on any atom is 0.329 e. The Kier molecular flexibility index (Phi) is 8.57. The molecule has 0 aliphatic carbocycles. The molecule has 0 aliphatic rings. The Hall–Kier alpha value is -1.79. The van der Waals surface area contributed by atoms with Crippen LogP contribution in [0, 0.1) is 5.92 Å². The van der Waals surface area contributed by atoms with E-state index < -0.39 is 11.8 Å². The molecule has 0 aromatic heterocycles. The van der Waals surface area contributed by atoms with Crippen molar-refractivity contribution in [2.45, 2.75) is 27.2 Å². The van der Waals surface area contributed by atoms with Gasteiger partial charge in [0.2, 0.25) is 0 Å². The molecule has 0 heterocycles. The average Bonchev–Trinajstić information content (AvgIpc) is 2.51. The molecule has 1 aromatic carbocycles. The van der Waals surface area contributed by atoms with E-state index in [-0.39, 0.29) is 5.92 Å². The number of carbonyl (C=O) groups is 2. The third kappa shape index (κ3) is 6.76. The molecule has 0 saturated carbocycles. The van der Waals surface area contributed by atoms with Crippen LogP contribution in [-0.2, 0) is 9.59 Å². The van der Waals surface area contributed by atoms with Gasteiger partial charge in [-0.15, -0.1) is 0 Å². The second-order valence-electron chi connectivity index (χ2n) is 5.47. The number of rotatable bonds is 7. The molecule has 1 rings (SSSR count). The molecule has 0 radical (unpaired) electrons. The lowest BCUT2D eigenvalue weighted by molar-refractivity contribution is -0.139. The highest BCUT2D eigenvalue weighted by Crippen LogP contribution is 2.33. The molecule has 24 heavy (non-hydrogen) atoms. The Morgan fingerprint density at radius 3 is 2.42 bits per heavy atom. The molecule has 0 spiro atoms. The quantitative estimate of drug-likeness (QED) is 0.437. The normalized spacial score (nSPS) is 10.9. The van der Waals surface area contributed by atoms with Crippen LogP contribution in [0.5, 0.6) is 5.75 Å². The summed E-state index contributed by atoms with van der Waals surface area (Å²) < 4.78 is 5.46. The minimum Gasteiger partial charge on any atom is -0.490 e. The Labute approximate surface area is 151 Å². The van der Waals surface area contributed by atoms with Crippen LogP contribution in [0.15, 0.2) is 17.2 Å². The summed E-state index contributed by atoms with van der Waals surface area (Å²) in [5.41, 5.74) is 2.71. The van der Waals surface area contributed by atoms with Gasteiger partial charge < -0.3 is 10.1 Å². The number of hydrazone groups is 1. The van der Waals surface area contributed by atoms with Gasteiger partial charge >= 0.3 is 11.8 Å². The Morgan fingerprint density at radius 1 is 1.25 bits per heavy atom. The van der Waals surface area contributed by atoms with E-state index in [1.165, 1.54) is 6.21 Å². The first-order chi connectivity index (χ1) is 11.3. The van der Waals surface area contributed by atoms with Crippen molar-refractivity contribution in [3.63, 3.8) is 0 Å². The smallest absolute Gasteiger partial charge is 0.329 e. The van der Waals surface area contributed by atoms with Crippen molar-refractivity contribution in [3.05, 3.63) is 27.7 Å². The second-order valence-corrected chi connectivity index (χ2v) is 6.28. The van der Waals surface area contributed by atoms with Gasteiger partial charge in [0.05, 0.1) is 22.9 Å². The lowest BCUT2D eigenvalue weighted by atomic mass is 10.2. The fourth-order valence-corrected chi connectivity index (χ4v) is 2.20. The zero-order chi connectivity index (χ0) is 18.1. The van der Waals surface area contributed by atoms with Crippen LogP contribution in [0.1, 0.15) is 32.8 Å².